The lowest BCUT2D eigenvalue weighted by Crippen LogP contribution is -2.24. The topological polar surface area (TPSA) is 36.4 Å². The number of benzene rings is 3. The highest BCUT2D eigenvalue weighted by Crippen LogP contribution is 2.22. The van der Waals surface area contributed by atoms with Crippen molar-refractivity contribution in [2.24, 2.45) is 5.10 Å². The second-order valence-corrected chi connectivity index (χ2v) is 6.44. The van der Waals surface area contributed by atoms with E-state index in [0.717, 1.165) is 16.8 Å². The highest BCUT2D eigenvalue weighted by molar-refractivity contribution is 7.80. The van der Waals surface area contributed by atoms with Crippen LogP contribution in [0.3, 0.4) is 0 Å². The summed E-state index contributed by atoms with van der Waals surface area (Å²) in [6, 6.07) is 27.9. The molecule has 3 nitrogen and oxygen atoms in total. The fourth-order valence-electron chi connectivity index (χ4n) is 2.57. The van der Waals surface area contributed by atoms with Crippen molar-refractivity contribution in [3.63, 3.8) is 0 Å². The zero-order valence-electron chi connectivity index (χ0n) is 14.0. The van der Waals surface area contributed by atoms with E-state index >= 15 is 0 Å². The minimum atomic E-state index is 0.0352. The van der Waals surface area contributed by atoms with Crippen molar-refractivity contribution in [1.82, 2.24) is 5.43 Å². The summed E-state index contributed by atoms with van der Waals surface area (Å²) in [7, 11) is 0. The maximum Gasteiger partial charge on any atom is 0.191 e. The Balaban J connectivity index is 1.71. The van der Waals surface area contributed by atoms with Gasteiger partial charge in [-0.05, 0) is 35.5 Å². The van der Waals surface area contributed by atoms with Gasteiger partial charge in [-0.3, -0.25) is 5.43 Å². The quantitative estimate of drug-likeness (QED) is 0.352. The minimum Gasteiger partial charge on any atom is -0.330 e. The van der Waals surface area contributed by atoms with Crippen LogP contribution in [-0.4, -0.2) is 11.3 Å². The van der Waals surface area contributed by atoms with Crippen LogP contribution in [0, 0.1) is 0 Å². The highest BCUT2D eigenvalue weighted by atomic mass is 35.5. The van der Waals surface area contributed by atoms with Crippen LogP contribution in [-0.2, 0) is 0 Å². The smallest absolute Gasteiger partial charge is 0.191 e. The third-order valence-corrected chi connectivity index (χ3v) is 4.35. The fraction of sp³-hybridized carbons (Fsp3) is 0.0476. The number of rotatable bonds is 5. The van der Waals surface area contributed by atoms with Gasteiger partial charge in [0.05, 0.1) is 10.7 Å². The molecule has 5 heteroatoms. The van der Waals surface area contributed by atoms with Crippen LogP contribution in [0.5, 0.6) is 0 Å². The average molecular weight is 380 g/mol. The summed E-state index contributed by atoms with van der Waals surface area (Å²) in [6.07, 6.45) is 1.85. The number of para-hydroxylation sites is 1. The molecule has 130 valence electrons. The summed E-state index contributed by atoms with van der Waals surface area (Å²) in [4.78, 5) is 0. The predicted octanol–water partition coefficient (Wildman–Crippen LogP) is 5.44. The lowest BCUT2D eigenvalue weighted by molar-refractivity contribution is 1.01. The first-order chi connectivity index (χ1) is 12.7. The van der Waals surface area contributed by atoms with Crippen molar-refractivity contribution in [2.75, 3.05) is 5.32 Å². The summed E-state index contributed by atoms with van der Waals surface area (Å²) in [6.45, 7) is 0. The van der Waals surface area contributed by atoms with E-state index in [-0.39, 0.29) is 5.92 Å². The van der Waals surface area contributed by atoms with Crippen LogP contribution in [0.25, 0.3) is 0 Å². The van der Waals surface area contributed by atoms with E-state index in [2.05, 4.69) is 40.1 Å². The molecule has 3 aromatic carbocycles. The van der Waals surface area contributed by atoms with Gasteiger partial charge in [-0.15, -0.1) is 0 Å². The van der Waals surface area contributed by atoms with E-state index in [1.54, 1.807) is 6.07 Å². The zero-order valence-corrected chi connectivity index (χ0v) is 15.5. The van der Waals surface area contributed by atoms with Crippen LogP contribution in [0.1, 0.15) is 17.0 Å². The number of nitrogens with one attached hydrogen (secondary N) is 2. The second kappa shape index (κ2) is 9.13. The Morgan fingerprint density at radius 3 is 1.96 bits per heavy atom. The van der Waals surface area contributed by atoms with E-state index in [1.165, 1.54) is 0 Å². The van der Waals surface area contributed by atoms with Gasteiger partial charge < -0.3 is 5.32 Å². The van der Waals surface area contributed by atoms with Crippen LogP contribution in [0.15, 0.2) is 90.0 Å². The van der Waals surface area contributed by atoms with E-state index in [0.29, 0.717) is 10.1 Å². The maximum atomic E-state index is 6.12. The fourth-order valence-corrected chi connectivity index (χ4v) is 2.91. The maximum absolute atomic E-state index is 6.12. The Morgan fingerprint density at radius 1 is 0.846 bits per heavy atom. The minimum absolute atomic E-state index is 0.0352. The third kappa shape index (κ3) is 4.91. The molecule has 0 amide bonds. The van der Waals surface area contributed by atoms with Crippen LogP contribution >= 0.6 is 23.8 Å². The highest BCUT2D eigenvalue weighted by Gasteiger charge is 2.11. The number of halogens is 1. The van der Waals surface area contributed by atoms with Gasteiger partial charge in [-0.25, -0.2) is 0 Å². The second-order valence-electron chi connectivity index (χ2n) is 5.62. The monoisotopic (exact) mass is 379 g/mol. The average Bonchev–Trinajstić information content (AvgIpc) is 2.68. The van der Waals surface area contributed by atoms with Crippen molar-refractivity contribution in [1.29, 1.82) is 0 Å². The molecule has 0 aliphatic rings. The van der Waals surface area contributed by atoms with E-state index in [9.17, 15) is 0 Å². The molecule has 2 N–H and O–H groups in total. The molecular formula is C21H18ClN3S. The standard InChI is InChI=1S/C21H18ClN3S/c22-19-13-7-8-14-20(19)24-21(26)25-23-15-18(16-9-3-1-4-10-16)17-11-5-2-6-12-17/h1-15,18H,(H2,24,25,26)/b23-15+. The lowest BCUT2D eigenvalue weighted by atomic mass is 9.92. The predicted molar refractivity (Wildman–Crippen MR) is 114 cm³/mol. The van der Waals surface area contributed by atoms with Crippen molar-refractivity contribution in [3.8, 4) is 0 Å². The molecule has 0 unspecified atom stereocenters. The Morgan fingerprint density at radius 2 is 1.38 bits per heavy atom. The zero-order chi connectivity index (χ0) is 18.2. The first-order valence-corrected chi connectivity index (χ1v) is 8.97. The summed E-state index contributed by atoms with van der Waals surface area (Å²) >= 11 is 11.4. The number of nitrogens with zero attached hydrogens (tertiary/aromatic N) is 1. The summed E-state index contributed by atoms with van der Waals surface area (Å²) < 4.78 is 0. The molecule has 0 radical (unpaired) electrons. The van der Waals surface area contributed by atoms with Gasteiger partial charge >= 0.3 is 0 Å². The number of hydrogen-bond acceptors (Lipinski definition) is 2. The first kappa shape index (κ1) is 18.1. The van der Waals surface area contributed by atoms with Crippen molar-refractivity contribution in [3.05, 3.63) is 101 Å². The van der Waals surface area contributed by atoms with Gasteiger partial charge in [0.15, 0.2) is 5.11 Å². The molecule has 0 spiro atoms. The number of hydrazone groups is 1. The Kier molecular flexibility index (Phi) is 6.36. The molecule has 0 saturated carbocycles. The number of anilines is 1. The molecule has 0 fully saturated rings. The van der Waals surface area contributed by atoms with Gasteiger partial charge in [-0.1, -0.05) is 84.4 Å². The Hall–Kier alpha value is -2.69. The molecule has 0 aromatic heterocycles. The van der Waals surface area contributed by atoms with Gasteiger partial charge in [0.2, 0.25) is 0 Å². The van der Waals surface area contributed by atoms with Gasteiger partial charge in [0.1, 0.15) is 0 Å². The van der Waals surface area contributed by atoms with Crippen LogP contribution in [0.4, 0.5) is 5.69 Å². The largest absolute Gasteiger partial charge is 0.330 e. The van der Waals surface area contributed by atoms with E-state index in [4.69, 9.17) is 23.8 Å². The summed E-state index contributed by atoms with van der Waals surface area (Å²) in [5.41, 5.74) is 5.92. The normalized spacial score (nSPS) is 10.8. The van der Waals surface area contributed by atoms with Gasteiger partial charge in [-0.2, -0.15) is 5.10 Å². The van der Waals surface area contributed by atoms with Gasteiger partial charge in [0, 0.05) is 12.1 Å². The molecule has 0 saturated heterocycles. The summed E-state index contributed by atoms with van der Waals surface area (Å²) in [5, 5.41) is 8.35. The van der Waals surface area contributed by atoms with Gasteiger partial charge in [0.25, 0.3) is 0 Å². The van der Waals surface area contributed by atoms with Crippen molar-refractivity contribution >= 4 is 40.8 Å². The van der Waals surface area contributed by atoms with E-state index < -0.39 is 0 Å². The molecule has 0 aliphatic heterocycles. The molecule has 0 heterocycles. The molecule has 0 atom stereocenters. The molecular weight excluding hydrogens is 362 g/mol. The SMILES string of the molecule is S=C(N/N=C/C(c1ccccc1)c1ccccc1)Nc1ccccc1Cl. The molecule has 0 bridgehead atoms. The van der Waals surface area contributed by atoms with Crippen LogP contribution in [0.2, 0.25) is 5.02 Å². The number of hydrogen-bond donors (Lipinski definition) is 2. The Bertz CT molecular complexity index is 843. The van der Waals surface area contributed by atoms with Crippen molar-refractivity contribution in [2.45, 2.75) is 5.92 Å². The van der Waals surface area contributed by atoms with Crippen LogP contribution < -0.4 is 10.7 Å². The van der Waals surface area contributed by atoms with E-state index in [1.807, 2.05) is 60.8 Å². The molecule has 3 aromatic rings. The first-order valence-electron chi connectivity index (χ1n) is 8.18. The lowest BCUT2D eigenvalue weighted by Gasteiger charge is -2.13. The van der Waals surface area contributed by atoms with Crippen molar-refractivity contribution < 1.29 is 0 Å². The molecule has 3 rings (SSSR count). The third-order valence-electron chi connectivity index (χ3n) is 3.83. The number of thiocarbonyl (C=S) groups is 1. The summed E-state index contributed by atoms with van der Waals surface area (Å²) in [5.74, 6) is 0.0352. The molecule has 26 heavy (non-hydrogen) atoms. The molecule has 0 aliphatic carbocycles. The Labute approximate surface area is 163 Å².